The lowest BCUT2D eigenvalue weighted by atomic mass is 10.0. The topological polar surface area (TPSA) is 159 Å². The van der Waals surface area contributed by atoms with Crippen LogP contribution in [0.3, 0.4) is 0 Å². The number of esters is 5. The number of ether oxygens (including phenoxy) is 8. The smallest absolute Gasteiger partial charge is 0.338 e. The highest BCUT2D eigenvalue weighted by Gasteiger charge is 2.53. The molecule has 2 saturated heterocycles. The molecular formula is C45H45ClO13S. The van der Waals surface area contributed by atoms with Crippen LogP contribution in [-0.2, 0) is 42.7 Å². The Morgan fingerprint density at radius 2 is 0.867 bits per heavy atom. The van der Waals surface area contributed by atoms with Crippen molar-refractivity contribution < 1.29 is 61.9 Å². The first-order chi connectivity index (χ1) is 28.8. The molecule has 0 radical (unpaired) electrons. The number of rotatable bonds is 13. The zero-order valence-corrected chi connectivity index (χ0v) is 35.1. The standard InChI is InChI=1S/C45H45ClO13S/c1-25-6-14-29(15-7-25)40(48)56-36-33(54-35(47)22-46)23-52-44(38(36)58-42(50)31-18-10-27(3)11-19-31)55-34-24-53-45(60-5)39(59-43(51)32-20-12-28(4)13-21-32)37(34)57-41(49)30-16-8-26(2)9-17-30/h6-21,33-34,36-39,44-45H,22-24H2,1-5H3/t33-,34-,36+,37+,38-,39-,44+,45+/m1/s1. The number of aryl methyl sites for hydroxylation is 4. The summed E-state index contributed by atoms with van der Waals surface area (Å²) >= 11 is 7.04. The highest BCUT2D eigenvalue weighted by molar-refractivity contribution is 7.99. The zero-order valence-electron chi connectivity index (χ0n) is 33.6. The third kappa shape index (κ3) is 11.1. The minimum Gasteiger partial charge on any atom is -0.455 e. The van der Waals surface area contributed by atoms with Crippen molar-refractivity contribution in [3.8, 4) is 0 Å². The molecule has 15 heteroatoms. The van der Waals surface area contributed by atoms with E-state index < -0.39 is 90.7 Å². The minimum atomic E-state index is -1.60. The molecule has 0 saturated carbocycles. The van der Waals surface area contributed by atoms with Crippen LogP contribution in [0, 0.1) is 27.7 Å². The summed E-state index contributed by atoms with van der Waals surface area (Å²) in [5.41, 5.74) is 3.60. The second kappa shape index (κ2) is 20.3. The lowest BCUT2D eigenvalue weighted by Gasteiger charge is -2.45. The van der Waals surface area contributed by atoms with Crippen molar-refractivity contribution in [3.63, 3.8) is 0 Å². The van der Waals surface area contributed by atoms with Crippen LogP contribution in [0.5, 0.6) is 0 Å². The molecule has 0 unspecified atom stereocenters. The second-order valence-corrected chi connectivity index (χ2v) is 15.6. The van der Waals surface area contributed by atoms with Crippen molar-refractivity contribution in [2.75, 3.05) is 25.3 Å². The molecular weight excluding hydrogens is 816 g/mol. The summed E-state index contributed by atoms with van der Waals surface area (Å²) in [4.78, 5) is 67.6. The van der Waals surface area contributed by atoms with Gasteiger partial charge in [-0.2, -0.15) is 0 Å². The van der Waals surface area contributed by atoms with E-state index in [0.29, 0.717) is 0 Å². The van der Waals surface area contributed by atoms with Crippen molar-refractivity contribution in [2.24, 2.45) is 0 Å². The first kappa shape index (κ1) is 44.3. The number of thioether (sulfide) groups is 1. The Balaban J connectivity index is 1.37. The molecule has 2 fully saturated rings. The molecule has 8 atom stereocenters. The summed E-state index contributed by atoms with van der Waals surface area (Å²) in [7, 11) is 0. The van der Waals surface area contributed by atoms with E-state index in [1.807, 2.05) is 27.7 Å². The van der Waals surface area contributed by atoms with Gasteiger partial charge in [0, 0.05) is 0 Å². The number of alkyl halides is 1. The van der Waals surface area contributed by atoms with E-state index >= 15 is 0 Å². The molecule has 4 aromatic rings. The first-order valence-electron chi connectivity index (χ1n) is 19.1. The Morgan fingerprint density at radius 1 is 0.517 bits per heavy atom. The lowest BCUT2D eigenvalue weighted by Crippen LogP contribution is -2.62. The van der Waals surface area contributed by atoms with Gasteiger partial charge >= 0.3 is 29.8 Å². The van der Waals surface area contributed by atoms with Crippen LogP contribution in [0.1, 0.15) is 63.7 Å². The summed E-state index contributed by atoms with van der Waals surface area (Å²) in [5, 5.41) is 0. The molecule has 0 aliphatic carbocycles. The largest absolute Gasteiger partial charge is 0.455 e. The van der Waals surface area contributed by atoms with Crippen molar-refractivity contribution in [1.29, 1.82) is 0 Å². The number of carbonyl (C=O) groups excluding carboxylic acids is 5. The normalized spacial score (nSPS) is 23.8. The van der Waals surface area contributed by atoms with Crippen LogP contribution >= 0.6 is 23.4 Å². The number of hydrogen-bond acceptors (Lipinski definition) is 14. The molecule has 2 aliphatic heterocycles. The van der Waals surface area contributed by atoms with Crippen molar-refractivity contribution in [3.05, 3.63) is 142 Å². The average molecular weight is 861 g/mol. The van der Waals surface area contributed by atoms with Crippen molar-refractivity contribution in [2.45, 2.75) is 76.0 Å². The van der Waals surface area contributed by atoms with Gasteiger partial charge in [0.05, 0.1) is 35.5 Å². The molecule has 0 bridgehead atoms. The third-order valence-electron chi connectivity index (χ3n) is 9.82. The third-order valence-corrected chi connectivity index (χ3v) is 10.9. The number of halogens is 1. The summed E-state index contributed by atoms with van der Waals surface area (Å²) < 4.78 is 48.7. The van der Waals surface area contributed by atoms with Crippen molar-refractivity contribution in [1.82, 2.24) is 0 Å². The fourth-order valence-corrected chi connectivity index (χ4v) is 7.21. The van der Waals surface area contributed by atoms with E-state index in [1.54, 1.807) is 103 Å². The van der Waals surface area contributed by atoms with E-state index in [4.69, 9.17) is 49.5 Å². The van der Waals surface area contributed by atoms with Crippen LogP contribution in [0.4, 0.5) is 0 Å². The number of hydrogen-bond donors (Lipinski definition) is 0. The highest BCUT2D eigenvalue weighted by Crippen LogP contribution is 2.34. The van der Waals surface area contributed by atoms with Crippen LogP contribution in [0.25, 0.3) is 0 Å². The monoisotopic (exact) mass is 860 g/mol. The van der Waals surface area contributed by atoms with Crippen LogP contribution in [0.2, 0.25) is 0 Å². The van der Waals surface area contributed by atoms with Gasteiger partial charge in [-0.3, -0.25) is 4.79 Å². The molecule has 60 heavy (non-hydrogen) atoms. The molecule has 2 aliphatic rings. The Bertz CT molecular complexity index is 2130. The average Bonchev–Trinajstić information content (AvgIpc) is 3.24. The van der Waals surface area contributed by atoms with Gasteiger partial charge in [0.2, 0.25) is 0 Å². The fourth-order valence-electron chi connectivity index (χ4n) is 6.46. The van der Waals surface area contributed by atoms with E-state index in [9.17, 15) is 24.0 Å². The zero-order chi connectivity index (χ0) is 42.9. The number of carbonyl (C=O) groups is 5. The molecule has 0 amide bonds. The highest BCUT2D eigenvalue weighted by atomic mass is 35.5. The molecule has 4 aromatic carbocycles. The van der Waals surface area contributed by atoms with E-state index in [2.05, 4.69) is 0 Å². The molecule has 0 spiro atoms. The summed E-state index contributed by atoms with van der Waals surface area (Å²) in [5.74, 6) is -4.49. The maximum Gasteiger partial charge on any atom is 0.338 e. The minimum absolute atomic E-state index is 0.152. The lowest BCUT2D eigenvalue weighted by molar-refractivity contribution is -0.305. The molecule has 13 nitrogen and oxygen atoms in total. The van der Waals surface area contributed by atoms with Gasteiger partial charge in [0.15, 0.2) is 36.8 Å². The Hall–Kier alpha value is -5.25. The summed E-state index contributed by atoms with van der Waals surface area (Å²) in [6.07, 6.45) is -8.03. The van der Waals surface area contributed by atoms with Crippen LogP contribution in [0.15, 0.2) is 97.1 Å². The van der Waals surface area contributed by atoms with Gasteiger partial charge in [-0.1, -0.05) is 70.8 Å². The quantitative estimate of drug-likeness (QED) is 0.0791. The van der Waals surface area contributed by atoms with Gasteiger partial charge in [-0.05, 0) is 82.5 Å². The van der Waals surface area contributed by atoms with Gasteiger partial charge in [-0.25, -0.2) is 19.2 Å². The maximum absolute atomic E-state index is 13.8. The first-order valence-corrected chi connectivity index (χ1v) is 20.9. The molecule has 316 valence electrons. The fraction of sp³-hybridized carbons (Fsp3) is 0.356. The van der Waals surface area contributed by atoms with E-state index in [1.165, 1.54) is 11.8 Å². The molecule has 2 heterocycles. The van der Waals surface area contributed by atoms with Crippen LogP contribution < -0.4 is 0 Å². The summed E-state index contributed by atoms with van der Waals surface area (Å²) in [6, 6.07) is 26.6. The number of benzene rings is 4. The Morgan fingerprint density at radius 3 is 1.25 bits per heavy atom. The SMILES string of the molecule is CS[C@@H]1OC[C@@H](O[C@@H]2OC[C@@H](OC(=O)CCl)[C@H](OC(=O)c3ccc(C)cc3)[C@H]2OC(=O)c2ccc(C)cc2)[C@H](OC(=O)c2ccc(C)cc2)[C@H]1OC(=O)c1ccc(C)cc1. The van der Waals surface area contributed by atoms with Gasteiger partial charge < -0.3 is 37.9 Å². The molecule has 0 N–H and O–H groups in total. The summed E-state index contributed by atoms with van der Waals surface area (Å²) in [6.45, 7) is 6.84. The van der Waals surface area contributed by atoms with E-state index in [-0.39, 0.29) is 28.9 Å². The van der Waals surface area contributed by atoms with Crippen LogP contribution in [-0.4, -0.2) is 104 Å². The Labute approximate surface area is 356 Å². The second-order valence-electron chi connectivity index (χ2n) is 14.4. The maximum atomic E-state index is 13.8. The van der Waals surface area contributed by atoms with E-state index in [0.717, 1.165) is 22.3 Å². The molecule has 6 rings (SSSR count). The van der Waals surface area contributed by atoms with Gasteiger partial charge in [0.1, 0.15) is 17.4 Å². The Kier molecular flexibility index (Phi) is 15.0. The predicted octanol–water partition coefficient (Wildman–Crippen LogP) is 6.73. The van der Waals surface area contributed by atoms with Crippen molar-refractivity contribution >= 4 is 53.2 Å². The van der Waals surface area contributed by atoms with Gasteiger partial charge in [-0.15, -0.1) is 23.4 Å². The van der Waals surface area contributed by atoms with Gasteiger partial charge in [0.25, 0.3) is 0 Å². The predicted molar refractivity (Wildman–Crippen MR) is 220 cm³/mol. The molecule has 0 aromatic heterocycles.